The smallest absolute Gasteiger partial charge is 0.0966 e. The number of hydrogen-bond acceptors (Lipinski definition) is 3. The van der Waals surface area contributed by atoms with Gasteiger partial charge in [0.1, 0.15) is 0 Å². The van der Waals surface area contributed by atoms with Crippen LogP contribution in [0.25, 0.3) is 0 Å². The zero-order valence-electron chi connectivity index (χ0n) is 9.92. The van der Waals surface area contributed by atoms with E-state index in [0.29, 0.717) is 18.2 Å². The van der Waals surface area contributed by atoms with E-state index in [1.807, 2.05) is 36.4 Å². The molecule has 1 atom stereocenters. The summed E-state index contributed by atoms with van der Waals surface area (Å²) in [5.41, 5.74) is 7.74. The second-order valence-corrected chi connectivity index (χ2v) is 4.39. The molecule has 2 N–H and O–H groups in total. The van der Waals surface area contributed by atoms with Gasteiger partial charge in [0.05, 0.1) is 12.7 Å². The maximum atomic E-state index is 5.92. The predicted octanol–water partition coefficient (Wildman–Crippen LogP) is 2.95. The van der Waals surface area contributed by atoms with Gasteiger partial charge < -0.3 is 10.5 Å². The van der Waals surface area contributed by atoms with Crippen molar-refractivity contribution in [3.63, 3.8) is 0 Å². The molecule has 0 fully saturated rings. The first-order valence-corrected chi connectivity index (χ1v) is 6.13. The highest BCUT2D eigenvalue weighted by molar-refractivity contribution is 6.30. The van der Waals surface area contributed by atoms with Crippen LogP contribution in [0.4, 0.5) is 0 Å². The van der Waals surface area contributed by atoms with Crippen LogP contribution in [0.1, 0.15) is 17.2 Å². The van der Waals surface area contributed by atoms with Gasteiger partial charge >= 0.3 is 0 Å². The van der Waals surface area contributed by atoms with Crippen molar-refractivity contribution in [2.24, 2.45) is 5.73 Å². The first-order valence-electron chi connectivity index (χ1n) is 5.75. The summed E-state index contributed by atoms with van der Waals surface area (Å²) in [6, 6.07) is 11.4. The molecule has 0 radical (unpaired) electrons. The van der Waals surface area contributed by atoms with E-state index in [-0.39, 0.29) is 6.10 Å². The lowest BCUT2D eigenvalue weighted by Crippen LogP contribution is -2.16. The Morgan fingerprint density at radius 3 is 2.83 bits per heavy atom. The van der Waals surface area contributed by atoms with E-state index in [2.05, 4.69) is 4.98 Å². The zero-order valence-corrected chi connectivity index (χ0v) is 10.7. The average Bonchev–Trinajstić information content (AvgIpc) is 2.41. The van der Waals surface area contributed by atoms with Gasteiger partial charge in [0.25, 0.3) is 0 Å². The number of benzene rings is 1. The predicted molar refractivity (Wildman–Crippen MR) is 72.3 cm³/mol. The molecule has 2 rings (SSSR count). The van der Waals surface area contributed by atoms with Gasteiger partial charge in [-0.3, -0.25) is 4.98 Å². The van der Waals surface area contributed by atoms with Crippen molar-refractivity contribution in [2.75, 3.05) is 6.54 Å². The third-order valence-electron chi connectivity index (χ3n) is 2.61. The lowest BCUT2D eigenvalue weighted by molar-refractivity contribution is 0.0454. The molecule has 0 bridgehead atoms. The second kappa shape index (κ2) is 6.50. The molecule has 4 heteroatoms. The number of halogens is 1. The fraction of sp³-hybridized carbons (Fsp3) is 0.214. The lowest BCUT2D eigenvalue weighted by Gasteiger charge is -2.16. The molecule has 94 valence electrons. The molecule has 18 heavy (non-hydrogen) atoms. The minimum Gasteiger partial charge on any atom is -0.367 e. The summed E-state index contributed by atoms with van der Waals surface area (Å²) in [5, 5.41) is 0.710. The first kappa shape index (κ1) is 13.0. The van der Waals surface area contributed by atoms with Crippen molar-refractivity contribution in [1.82, 2.24) is 4.98 Å². The fourth-order valence-electron chi connectivity index (χ4n) is 1.69. The quantitative estimate of drug-likeness (QED) is 0.901. The minimum atomic E-state index is -0.141. The molecule has 0 saturated heterocycles. The van der Waals surface area contributed by atoms with Crippen LogP contribution >= 0.6 is 11.6 Å². The van der Waals surface area contributed by atoms with Crippen LogP contribution in [0.3, 0.4) is 0 Å². The lowest BCUT2D eigenvalue weighted by atomic mass is 10.1. The molecule has 0 aliphatic rings. The Morgan fingerprint density at radius 1 is 1.28 bits per heavy atom. The van der Waals surface area contributed by atoms with Crippen molar-refractivity contribution < 1.29 is 4.74 Å². The van der Waals surface area contributed by atoms with Gasteiger partial charge in [-0.2, -0.15) is 0 Å². The number of ether oxygens (including phenoxy) is 1. The summed E-state index contributed by atoms with van der Waals surface area (Å²) in [7, 11) is 0. The van der Waals surface area contributed by atoms with Crippen molar-refractivity contribution in [3.05, 3.63) is 64.9 Å². The highest BCUT2D eigenvalue weighted by Crippen LogP contribution is 2.18. The van der Waals surface area contributed by atoms with Crippen LogP contribution in [0.5, 0.6) is 0 Å². The minimum absolute atomic E-state index is 0.141. The van der Waals surface area contributed by atoms with E-state index >= 15 is 0 Å². The number of hydrogen-bond donors (Lipinski definition) is 1. The van der Waals surface area contributed by atoms with Gasteiger partial charge in [0.2, 0.25) is 0 Å². The van der Waals surface area contributed by atoms with Gasteiger partial charge in [-0.1, -0.05) is 29.8 Å². The summed E-state index contributed by atoms with van der Waals surface area (Å²) in [6.45, 7) is 0.906. The Kier molecular flexibility index (Phi) is 4.70. The van der Waals surface area contributed by atoms with Crippen LogP contribution < -0.4 is 5.73 Å². The molecule has 1 unspecified atom stereocenters. The van der Waals surface area contributed by atoms with Gasteiger partial charge in [-0.15, -0.1) is 0 Å². The van der Waals surface area contributed by atoms with Crippen molar-refractivity contribution in [2.45, 2.75) is 12.7 Å². The van der Waals surface area contributed by atoms with Crippen molar-refractivity contribution in [3.8, 4) is 0 Å². The zero-order chi connectivity index (χ0) is 12.8. The Balaban J connectivity index is 2.00. The van der Waals surface area contributed by atoms with E-state index in [1.54, 1.807) is 12.4 Å². The van der Waals surface area contributed by atoms with Crippen LogP contribution in [0, 0.1) is 0 Å². The molecule has 0 aliphatic heterocycles. The maximum absolute atomic E-state index is 5.92. The van der Waals surface area contributed by atoms with Crippen molar-refractivity contribution >= 4 is 11.6 Å². The molecule has 1 aromatic carbocycles. The third-order valence-corrected chi connectivity index (χ3v) is 2.85. The molecule has 2 aromatic rings. The topological polar surface area (TPSA) is 48.1 Å². The van der Waals surface area contributed by atoms with E-state index in [4.69, 9.17) is 22.1 Å². The number of rotatable bonds is 5. The SMILES string of the molecule is NCC(OCc1cccc(Cl)c1)c1cccnc1. The maximum Gasteiger partial charge on any atom is 0.0966 e. The Bertz CT molecular complexity index is 490. The fourth-order valence-corrected chi connectivity index (χ4v) is 1.90. The van der Waals surface area contributed by atoms with Gasteiger partial charge in [-0.05, 0) is 23.8 Å². The molecule has 0 aliphatic carbocycles. The molecule has 1 aromatic heterocycles. The van der Waals surface area contributed by atoms with E-state index in [0.717, 1.165) is 11.1 Å². The molecule has 0 saturated carbocycles. The highest BCUT2D eigenvalue weighted by atomic mass is 35.5. The molecule has 1 heterocycles. The number of nitrogens with two attached hydrogens (primary N) is 1. The van der Waals surface area contributed by atoms with Crippen LogP contribution in [0.15, 0.2) is 48.8 Å². The monoisotopic (exact) mass is 262 g/mol. The summed E-state index contributed by atoms with van der Waals surface area (Å²) in [5.74, 6) is 0. The van der Waals surface area contributed by atoms with Crippen LogP contribution in [0.2, 0.25) is 5.02 Å². The average molecular weight is 263 g/mol. The van der Waals surface area contributed by atoms with E-state index < -0.39 is 0 Å². The second-order valence-electron chi connectivity index (χ2n) is 3.95. The molecule has 0 spiro atoms. The molecule has 0 amide bonds. The number of pyridine rings is 1. The van der Waals surface area contributed by atoms with Crippen LogP contribution in [-0.2, 0) is 11.3 Å². The van der Waals surface area contributed by atoms with Crippen LogP contribution in [-0.4, -0.2) is 11.5 Å². The normalized spacial score (nSPS) is 12.3. The van der Waals surface area contributed by atoms with E-state index in [9.17, 15) is 0 Å². The Labute approximate surface area is 112 Å². The largest absolute Gasteiger partial charge is 0.367 e. The van der Waals surface area contributed by atoms with E-state index in [1.165, 1.54) is 0 Å². The summed E-state index contributed by atoms with van der Waals surface area (Å²) < 4.78 is 5.79. The summed E-state index contributed by atoms with van der Waals surface area (Å²) in [4.78, 5) is 4.07. The Morgan fingerprint density at radius 2 is 2.17 bits per heavy atom. The van der Waals surface area contributed by atoms with Gasteiger partial charge in [0.15, 0.2) is 0 Å². The van der Waals surface area contributed by atoms with Gasteiger partial charge in [-0.25, -0.2) is 0 Å². The van der Waals surface area contributed by atoms with Gasteiger partial charge in [0, 0.05) is 29.5 Å². The number of nitrogens with zero attached hydrogens (tertiary/aromatic N) is 1. The Hall–Kier alpha value is -1.42. The molecular formula is C14H15ClN2O. The molecular weight excluding hydrogens is 248 g/mol. The number of aromatic nitrogens is 1. The summed E-state index contributed by atoms with van der Waals surface area (Å²) >= 11 is 5.92. The first-order chi connectivity index (χ1) is 8.79. The molecule has 3 nitrogen and oxygen atoms in total. The standard InChI is InChI=1S/C14H15ClN2O/c15-13-5-1-3-11(7-13)10-18-14(8-16)12-4-2-6-17-9-12/h1-7,9,14H,8,10,16H2. The van der Waals surface area contributed by atoms with Crippen molar-refractivity contribution in [1.29, 1.82) is 0 Å². The highest BCUT2D eigenvalue weighted by Gasteiger charge is 2.10. The third kappa shape index (κ3) is 3.53. The summed E-state index contributed by atoms with van der Waals surface area (Å²) in [6.07, 6.45) is 3.36.